The van der Waals surface area contributed by atoms with Crippen molar-refractivity contribution in [3.05, 3.63) is 53.1 Å². The van der Waals surface area contributed by atoms with Crippen LogP contribution >= 0.6 is 0 Å². The summed E-state index contributed by atoms with van der Waals surface area (Å²) in [6.07, 6.45) is 0. The van der Waals surface area contributed by atoms with Crippen LogP contribution in [0.15, 0.2) is 36.4 Å². The lowest BCUT2D eigenvalue weighted by atomic mass is 10.1. The monoisotopic (exact) mass is 284 g/mol. The van der Waals surface area contributed by atoms with Crippen molar-refractivity contribution in [1.82, 2.24) is 0 Å². The number of ether oxygens (including phenoxy) is 2. The second-order valence-electron chi connectivity index (χ2n) is 5.42. The molecule has 21 heavy (non-hydrogen) atoms. The van der Waals surface area contributed by atoms with E-state index >= 15 is 0 Å². The van der Waals surface area contributed by atoms with E-state index in [9.17, 15) is 0 Å². The Hall–Kier alpha value is -2.20. The molecule has 0 fully saturated rings. The first-order valence-corrected chi connectivity index (χ1v) is 7.04. The molecule has 0 amide bonds. The number of aryl methyl sites for hydroxylation is 1. The topological polar surface area (TPSA) is 47.7 Å². The van der Waals surface area contributed by atoms with Gasteiger partial charge in [-0.3, -0.25) is 0 Å². The maximum Gasteiger partial charge on any atom is 0.189 e. The van der Waals surface area contributed by atoms with Gasteiger partial charge in [0, 0.05) is 36.1 Å². The lowest BCUT2D eigenvalue weighted by Crippen LogP contribution is -2.20. The van der Waals surface area contributed by atoms with Gasteiger partial charge in [0.25, 0.3) is 0 Å². The Labute approximate surface area is 125 Å². The highest BCUT2D eigenvalue weighted by atomic mass is 16.7. The molecule has 0 saturated carbocycles. The zero-order valence-electron chi connectivity index (χ0n) is 12.4. The maximum atomic E-state index is 6.00. The Morgan fingerprint density at radius 1 is 1.24 bits per heavy atom. The molecule has 0 aliphatic carbocycles. The van der Waals surface area contributed by atoms with Crippen molar-refractivity contribution in [2.45, 2.75) is 20.1 Å². The minimum Gasteiger partial charge on any atom is -0.467 e. The van der Waals surface area contributed by atoms with Crippen LogP contribution in [0.3, 0.4) is 0 Å². The fourth-order valence-corrected chi connectivity index (χ4v) is 2.78. The lowest BCUT2D eigenvalue weighted by molar-refractivity contribution is -0.0169. The molecule has 0 radical (unpaired) electrons. The van der Waals surface area contributed by atoms with Gasteiger partial charge >= 0.3 is 0 Å². The summed E-state index contributed by atoms with van der Waals surface area (Å²) in [5.41, 5.74) is 11.3. The summed E-state index contributed by atoms with van der Waals surface area (Å²) in [5, 5.41) is 0. The molecule has 4 nitrogen and oxygen atoms in total. The molecule has 1 aliphatic rings. The highest BCUT2D eigenvalue weighted by Crippen LogP contribution is 2.32. The van der Waals surface area contributed by atoms with Crippen LogP contribution in [0.4, 0.5) is 11.4 Å². The predicted octanol–water partition coefficient (Wildman–Crippen LogP) is 3.08. The molecule has 2 aromatic rings. The fraction of sp³-hybridized carbons (Fsp3) is 0.294. The number of benzene rings is 2. The van der Waals surface area contributed by atoms with Gasteiger partial charge in [0.05, 0.1) is 6.61 Å². The van der Waals surface area contributed by atoms with E-state index in [4.69, 9.17) is 15.2 Å². The van der Waals surface area contributed by atoms with Crippen LogP contribution in [0.25, 0.3) is 0 Å². The van der Waals surface area contributed by atoms with E-state index in [1.54, 1.807) is 0 Å². The SMILES string of the molecule is Cc1ccccc1N(C)Cc1cc(N)cc2c1OCOC2. The number of hydrogen-bond acceptors (Lipinski definition) is 4. The lowest BCUT2D eigenvalue weighted by Gasteiger charge is -2.26. The van der Waals surface area contributed by atoms with Crippen molar-refractivity contribution in [2.75, 3.05) is 24.5 Å². The summed E-state index contributed by atoms with van der Waals surface area (Å²) >= 11 is 0. The third-order valence-electron chi connectivity index (χ3n) is 3.74. The largest absolute Gasteiger partial charge is 0.467 e. The average molecular weight is 284 g/mol. The molecule has 0 unspecified atom stereocenters. The van der Waals surface area contributed by atoms with Gasteiger partial charge in [0.2, 0.25) is 0 Å². The van der Waals surface area contributed by atoms with Crippen LogP contribution < -0.4 is 15.4 Å². The number of anilines is 2. The number of hydrogen-bond donors (Lipinski definition) is 1. The van der Waals surface area contributed by atoms with Gasteiger partial charge in [0.15, 0.2) is 6.79 Å². The van der Waals surface area contributed by atoms with Crippen molar-refractivity contribution < 1.29 is 9.47 Å². The number of rotatable bonds is 3. The van der Waals surface area contributed by atoms with E-state index in [1.807, 2.05) is 12.1 Å². The van der Waals surface area contributed by atoms with Crippen LogP contribution in [0, 0.1) is 6.92 Å². The zero-order chi connectivity index (χ0) is 14.8. The van der Waals surface area contributed by atoms with E-state index in [1.165, 1.54) is 11.3 Å². The smallest absolute Gasteiger partial charge is 0.189 e. The highest BCUT2D eigenvalue weighted by molar-refractivity contribution is 5.57. The van der Waals surface area contributed by atoms with Crippen LogP contribution in [-0.2, 0) is 17.9 Å². The Kier molecular flexibility index (Phi) is 3.71. The molecule has 1 heterocycles. The molecule has 0 bridgehead atoms. The summed E-state index contributed by atoms with van der Waals surface area (Å²) in [6, 6.07) is 12.3. The van der Waals surface area contributed by atoms with Gasteiger partial charge in [-0.05, 0) is 30.7 Å². The molecular weight excluding hydrogens is 264 g/mol. The second-order valence-corrected chi connectivity index (χ2v) is 5.42. The molecule has 2 N–H and O–H groups in total. The number of fused-ring (bicyclic) bond motifs is 1. The first-order chi connectivity index (χ1) is 10.1. The quantitative estimate of drug-likeness (QED) is 0.880. The second kappa shape index (κ2) is 5.66. The molecule has 1 aliphatic heterocycles. The molecule has 0 spiro atoms. The standard InChI is InChI=1S/C17H20N2O2/c1-12-5-3-4-6-16(12)19(2)9-13-7-15(18)8-14-10-20-11-21-17(13)14/h3-8H,9-11,18H2,1-2H3. The van der Waals surface area contributed by atoms with Crippen LogP contribution in [0.5, 0.6) is 5.75 Å². The maximum absolute atomic E-state index is 6.00. The van der Waals surface area contributed by atoms with E-state index in [2.05, 4.69) is 43.1 Å². The minimum atomic E-state index is 0.304. The van der Waals surface area contributed by atoms with E-state index in [0.29, 0.717) is 13.4 Å². The van der Waals surface area contributed by atoms with E-state index in [-0.39, 0.29) is 0 Å². The van der Waals surface area contributed by atoms with Gasteiger partial charge in [-0.1, -0.05) is 18.2 Å². The average Bonchev–Trinajstić information content (AvgIpc) is 2.47. The van der Waals surface area contributed by atoms with Gasteiger partial charge in [0.1, 0.15) is 5.75 Å². The minimum absolute atomic E-state index is 0.304. The summed E-state index contributed by atoms with van der Waals surface area (Å²) < 4.78 is 11.0. The Bertz CT molecular complexity index is 655. The van der Waals surface area contributed by atoms with Crippen LogP contribution in [0.1, 0.15) is 16.7 Å². The third kappa shape index (κ3) is 2.81. The summed E-state index contributed by atoms with van der Waals surface area (Å²) in [6.45, 7) is 3.72. The molecule has 0 atom stereocenters. The van der Waals surface area contributed by atoms with Gasteiger partial charge < -0.3 is 20.1 Å². The van der Waals surface area contributed by atoms with Crippen molar-refractivity contribution in [1.29, 1.82) is 0 Å². The van der Waals surface area contributed by atoms with Crippen molar-refractivity contribution in [3.63, 3.8) is 0 Å². The normalized spacial score (nSPS) is 13.4. The predicted molar refractivity (Wildman–Crippen MR) is 84.4 cm³/mol. The first kappa shape index (κ1) is 13.8. The molecule has 3 rings (SSSR count). The summed E-state index contributed by atoms with van der Waals surface area (Å²) in [4.78, 5) is 2.21. The molecular formula is C17H20N2O2. The number of nitrogen functional groups attached to an aromatic ring is 1. The van der Waals surface area contributed by atoms with Gasteiger partial charge in [-0.25, -0.2) is 0 Å². The van der Waals surface area contributed by atoms with Crippen molar-refractivity contribution in [2.24, 2.45) is 0 Å². The van der Waals surface area contributed by atoms with Gasteiger partial charge in [-0.15, -0.1) is 0 Å². The zero-order valence-corrected chi connectivity index (χ0v) is 12.4. The Balaban J connectivity index is 1.91. The molecule has 0 aromatic heterocycles. The summed E-state index contributed by atoms with van der Waals surface area (Å²) in [7, 11) is 2.08. The Morgan fingerprint density at radius 3 is 2.86 bits per heavy atom. The number of nitrogens with zero attached hydrogens (tertiary/aromatic N) is 1. The van der Waals surface area contributed by atoms with Gasteiger partial charge in [-0.2, -0.15) is 0 Å². The molecule has 0 saturated heterocycles. The number of para-hydroxylation sites is 1. The van der Waals surface area contributed by atoms with Crippen LogP contribution in [-0.4, -0.2) is 13.8 Å². The fourth-order valence-electron chi connectivity index (χ4n) is 2.78. The third-order valence-corrected chi connectivity index (χ3v) is 3.74. The molecule has 110 valence electrons. The Morgan fingerprint density at radius 2 is 2.05 bits per heavy atom. The highest BCUT2D eigenvalue weighted by Gasteiger charge is 2.17. The van der Waals surface area contributed by atoms with Crippen molar-refractivity contribution in [3.8, 4) is 5.75 Å². The van der Waals surface area contributed by atoms with E-state index in [0.717, 1.165) is 29.1 Å². The summed E-state index contributed by atoms with van der Waals surface area (Å²) in [5.74, 6) is 0.913. The van der Waals surface area contributed by atoms with Crippen LogP contribution in [0.2, 0.25) is 0 Å². The van der Waals surface area contributed by atoms with E-state index < -0.39 is 0 Å². The van der Waals surface area contributed by atoms with Crippen molar-refractivity contribution >= 4 is 11.4 Å². The molecule has 2 aromatic carbocycles. The first-order valence-electron chi connectivity index (χ1n) is 7.04. The number of nitrogens with two attached hydrogens (primary N) is 1. The molecule has 4 heteroatoms.